The van der Waals surface area contributed by atoms with Crippen LogP contribution in [0.15, 0.2) is 29.2 Å². The van der Waals surface area contributed by atoms with Crippen LogP contribution >= 0.6 is 0 Å². The second-order valence-corrected chi connectivity index (χ2v) is 7.05. The van der Waals surface area contributed by atoms with E-state index in [4.69, 9.17) is 0 Å². The Kier molecular flexibility index (Phi) is 6.16. The lowest BCUT2D eigenvalue weighted by atomic mass is 10.1. The van der Waals surface area contributed by atoms with Crippen LogP contribution < -0.4 is 5.32 Å². The molecule has 0 heterocycles. The molecule has 112 valence electrons. The van der Waals surface area contributed by atoms with Crippen LogP contribution in [0.4, 0.5) is 0 Å². The van der Waals surface area contributed by atoms with Crippen LogP contribution in [0.25, 0.3) is 0 Å². The first-order valence-electron chi connectivity index (χ1n) is 6.50. The summed E-state index contributed by atoms with van der Waals surface area (Å²) in [5, 5.41) is 2.80. The zero-order valence-corrected chi connectivity index (χ0v) is 13.0. The predicted octanol–water partition coefficient (Wildman–Crippen LogP) is 0.701. The third-order valence-electron chi connectivity index (χ3n) is 2.83. The summed E-state index contributed by atoms with van der Waals surface area (Å²) in [6.07, 6.45) is 2.11. The Balaban J connectivity index is 2.59. The lowest BCUT2D eigenvalue weighted by molar-refractivity contribution is -0.120. The van der Waals surface area contributed by atoms with E-state index in [1.54, 1.807) is 18.2 Å². The lowest BCUT2D eigenvalue weighted by Crippen LogP contribution is -2.28. The molecule has 1 aromatic rings. The summed E-state index contributed by atoms with van der Waals surface area (Å²) in [6.45, 7) is 1.50. The highest BCUT2D eigenvalue weighted by atomic mass is 32.2. The third-order valence-corrected chi connectivity index (χ3v) is 4.02. The highest BCUT2D eigenvalue weighted by Gasteiger charge is 2.14. The van der Waals surface area contributed by atoms with Gasteiger partial charge in [0.1, 0.15) is 0 Å². The van der Waals surface area contributed by atoms with E-state index in [0.29, 0.717) is 12.1 Å². The maximum absolute atomic E-state index is 11.8. The van der Waals surface area contributed by atoms with Gasteiger partial charge in [0.2, 0.25) is 5.91 Å². The number of benzene rings is 1. The number of hydrogen-bond donors (Lipinski definition) is 1. The van der Waals surface area contributed by atoms with E-state index < -0.39 is 9.84 Å². The van der Waals surface area contributed by atoms with E-state index >= 15 is 0 Å². The minimum atomic E-state index is -3.30. The normalized spacial score (nSPS) is 11.6. The molecule has 20 heavy (non-hydrogen) atoms. The molecule has 0 saturated heterocycles. The van der Waals surface area contributed by atoms with Crippen LogP contribution in [-0.4, -0.2) is 52.7 Å². The van der Waals surface area contributed by atoms with Gasteiger partial charge in [0.25, 0.3) is 0 Å². The summed E-state index contributed by atoms with van der Waals surface area (Å²) >= 11 is 0. The van der Waals surface area contributed by atoms with Gasteiger partial charge in [0.05, 0.1) is 11.3 Å². The van der Waals surface area contributed by atoms with E-state index in [2.05, 4.69) is 5.32 Å². The van der Waals surface area contributed by atoms with E-state index in [9.17, 15) is 13.2 Å². The molecule has 0 fully saturated rings. The molecule has 1 N–H and O–H groups in total. The van der Waals surface area contributed by atoms with Gasteiger partial charge in [-0.05, 0) is 38.7 Å². The largest absolute Gasteiger partial charge is 0.356 e. The summed E-state index contributed by atoms with van der Waals surface area (Å²) in [4.78, 5) is 14.1. The Morgan fingerprint density at radius 2 is 1.90 bits per heavy atom. The van der Waals surface area contributed by atoms with Gasteiger partial charge in [-0.25, -0.2) is 8.42 Å². The molecular weight excluding hydrogens is 276 g/mol. The molecule has 1 rings (SSSR count). The quantitative estimate of drug-likeness (QED) is 0.753. The maximum Gasteiger partial charge on any atom is 0.224 e. The first kappa shape index (κ1) is 16.7. The number of nitrogens with one attached hydrogen (secondary N) is 1. The first-order chi connectivity index (χ1) is 9.30. The van der Waals surface area contributed by atoms with E-state index in [0.717, 1.165) is 19.2 Å². The maximum atomic E-state index is 11.8. The third kappa shape index (κ3) is 5.71. The molecular formula is C14H22N2O3S. The van der Waals surface area contributed by atoms with Gasteiger partial charge in [0, 0.05) is 12.8 Å². The SMILES string of the molecule is CN(C)CCCNC(=O)Cc1ccccc1S(C)(=O)=O. The van der Waals surface area contributed by atoms with E-state index in [1.807, 2.05) is 19.0 Å². The Morgan fingerprint density at radius 1 is 1.25 bits per heavy atom. The fourth-order valence-corrected chi connectivity index (χ4v) is 2.81. The summed E-state index contributed by atoms with van der Waals surface area (Å²) in [5.74, 6) is -0.153. The van der Waals surface area contributed by atoms with Crippen molar-refractivity contribution in [1.82, 2.24) is 10.2 Å². The zero-order chi connectivity index (χ0) is 15.2. The average Bonchev–Trinajstić information content (AvgIpc) is 2.34. The van der Waals surface area contributed by atoms with Crippen LogP contribution in [0, 0.1) is 0 Å². The van der Waals surface area contributed by atoms with E-state index in [1.165, 1.54) is 6.07 Å². The molecule has 6 heteroatoms. The second-order valence-electron chi connectivity index (χ2n) is 5.06. The van der Waals surface area contributed by atoms with Gasteiger partial charge in [-0.3, -0.25) is 4.79 Å². The van der Waals surface area contributed by atoms with Crippen molar-refractivity contribution in [3.8, 4) is 0 Å². The topological polar surface area (TPSA) is 66.5 Å². The molecule has 1 aromatic carbocycles. The van der Waals surface area contributed by atoms with Crippen molar-refractivity contribution in [3.05, 3.63) is 29.8 Å². The Hall–Kier alpha value is -1.40. The highest BCUT2D eigenvalue weighted by molar-refractivity contribution is 7.90. The van der Waals surface area contributed by atoms with Gasteiger partial charge in [-0.1, -0.05) is 18.2 Å². The molecule has 1 amide bonds. The van der Waals surface area contributed by atoms with Gasteiger partial charge in [-0.15, -0.1) is 0 Å². The number of carbonyl (C=O) groups is 1. The lowest BCUT2D eigenvalue weighted by Gasteiger charge is -2.11. The highest BCUT2D eigenvalue weighted by Crippen LogP contribution is 2.15. The summed E-state index contributed by atoms with van der Waals surface area (Å²) in [5.41, 5.74) is 0.542. The second kappa shape index (κ2) is 7.40. The van der Waals surface area contributed by atoms with E-state index in [-0.39, 0.29) is 17.2 Å². The minimum absolute atomic E-state index is 0.0885. The number of rotatable bonds is 7. The van der Waals surface area contributed by atoms with Crippen LogP contribution in [0.3, 0.4) is 0 Å². The number of nitrogens with zero attached hydrogens (tertiary/aromatic N) is 1. The standard InChI is InChI=1S/C14H22N2O3S/c1-16(2)10-6-9-15-14(17)11-12-7-4-5-8-13(12)20(3,18)19/h4-5,7-8H,6,9-11H2,1-3H3,(H,15,17). The Bertz CT molecular complexity index is 553. The number of amides is 1. The van der Waals surface area contributed by atoms with Gasteiger partial charge < -0.3 is 10.2 Å². The average molecular weight is 298 g/mol. The molecule has 0 saturated carbocycles. The van der Waals surface area contributed by atoms with Gasteiger partial charge in [-0.2, -0.15) is 0 Å². The number of hydrogen-bond acceptors (Lipinski definition) is 4. The molecule has 0 aliphatic carbocycles. The predicted molar refractivity (Wildman–Crippen MR) is 79.4 cm³/mol. The van der Waals surface area contributed by atoms with Gasteiger partial charge >= 0.3 is 0 Å². The molecule has 0 spiro atoms. The Morgan fingerprint density at radius 3 is 2.50 bits per heavy atom. The summed E-state index contributed by atoms with van der Waals surface area (Å²) in [6, 6.07) is 6.61. The van der Waals surface area contributed by atoms with Crippen molar-refractivity contribution in [2.24, 2.45) is 0 Å². The molecule has 0 unspecified atom stereocenters. The minimum Gasteiger partial charge on any atom is -0.356 e. The van der Waals surface area contributed by atoms with Crippen molar-refractivity contribution >= 4 is 15.7 Å². The molecule has 0 radical (unpaired) electrons. The number of carbonyl (C=O) groups excluding carboxylic acids is 1. The monoisotopic (exact) mass is 298 g/mol. The summed E-state index contributed by atoms with van der Waals surface area (Å²) < 4.78 is 23.3. The smallest absolute Gasteiger partial charge is 0.224 e. The van der Waals surface area contributed by atoms with Crippen molar-refractivity contribution in [3.63, 3.8) is 0 Å². The summed E-state index contributed by atoms with van der Waals surface area (Å²) in [7, 11) is 0.651. The Labute approximate surface area is 120 Å². The van der Waals surface area contributed by atoms with Crippen molar-refractivity contribution in [2.75, 3.05) is 33.4 Å². The van der Waals surface area contributed by atoms with Crippen LogP contribution in [0.2, 0.25) is 0 Å². The molecule has 5 nitrogen and oxygen atoms in total. The van der Waals surface area contributed by atoms with Crippen LogP contribution in [0.1, 0.15) is 12.0 Å². The molecule has 0 bridgehead atoms. The fourth-order valence-electron chi connectivity index (χ4n) is 1.87. The molecule has 0 aliphatic heterocycles. The van der Waals surface area contributed by atoms with Crippen molar-refractivity contribution in [1.29, 1.82) is 0 Å². The van der Waals surface area contributed by atoms with Crippen LogP contribution in [-0.2, 0) is 21.1 Å². The van der Waals surface area contributed by atoms with Crippen LogP contribution in [0.5, 0.6) is 0 Å². The fraction of sp³-hybridized carbons (Fsp3) is 0.500. The van der Waals surface area contributed by atoms with Crippen molar-refractivity contribution in [2.45, 2.75) is 17.7 Å². The molecule has 0 aromatic heterocycles. The molecule has 0 aliphatic rings. The zero-order valence-electron chi connectivity index (χ0n) is 12.2. The van der Waals surface area contributed by atoms with Crippen molar-refractivity contribution < 1.29 is 13.2 Å². The molecule has 0 atom stereocenters. The van der Waals surface area contributed by atoms with Gasteiger partial charge in [0.15, 0.2) is 9.84 Å². The first-order valence-corrected chi connectivity index (χ1v) is 8.39. The number of sulfone groups is 1.